The second-order valence-electron chi connectivity index (χ2n) is 9.02. The molecule has 0 radical (unpaired) electrons. The third kappa shape index (κ3) is 4.28. The quantitative estimate of drug-likeness (QED) is 0.669. The van der Waals surface area contributed by atoms with E-state index >= 15 is 0 Å². The maximum Gasteiger partial charge on any atom is 0.410 e. The number of aromatic nitrogens is 3. The lowest BCUT2D eigenvalue weighted by Gasteiger charge is -2.40. The summed E-state index contributed by atoms with van der Waals surface area (Å²) >= 11 is 0. The Kier molecular flexibility index (Phi) is 5.58. The van der Waals surface area contributed by atoms with Crippen LogP contribution in [0.3, 0.4) is 0 Å². The minimum Gasteiger partial charge on any atom is -0.497 e. The number of nitrogens with zero attached hydrogens (tertiary/aromatic N) is 5. The van der Waals surface area contributed by atoms with E-state index in [0.29, 0.717) is 25.5 Å². The van der Waals surface area contributed by atoms with Crippen LogP contribution in [-0.4, -0.2) is 64.1 Å². The molecule has 4 rings (SSSR count). The summed E-state index contributed by atoms with van der Waals surface area (Å²) in [5.74, 6) is 2.02. The Labute approximate surface area is 187 Å². The molecule has 0 saturated carbocycles. The zero-order valence-electron chi connectivity index (χ0n) is 19.2. The van der Waals surface area contributed by atoms with Crippen molar-refractivity contribution in [1.82, 2.24) is 19.7 Å². The first-order valence-electron chi connectivity index (χ1n) is 10.7. The molecule has 170 valence electrons. The van der Waals surface area contributed by atoms with Crippen molar-refractivity contribution in [2.45, 2.75) is 39.3 Å². The van der Waals surface area contributed by atoms with E-state index in [1.165, 1.54) is 0 Å². The first-order valence-corrected chi connectivity index (χ1v) is 10.7. The first kappa shape index (κ1) is 21.7. The number of anilines is 2. The molecule has 1 aliphatic heterocycles. The van der Waals surface area contributed by atoms with Gasteiger partial charge >= 0.3 is 6.09 Å². The summed E-state index contributed by atoms with van der Waals surface area (Å²) in [7, 11) is 1.63. The number of nitrogen functional groups attached to an aromatic ring is 1. The Morgan fingerprint density at radius 1 is 1.19 bits per heavy atom. The van der Waals surface area contributed by atoms with E-state index in [2.05, 4.69) is 21.9 Å². The van der Waals surface area contributed by atoms with E-state index in [-0.39, 0.29) is 12.1 Å². The number of hydrogen-bond acceptors (Lipinski definition) is 7. The SMILES string of the molecule is COc1ccc2c(N)nn(-c3ccnc(N4CCN(C(=O)OC(C)(C)C)C[C@@H]4C)c3)c2c1. The monoisotopic (exact) mass is 438 g/mol. The van der Waals surface area contributed by atoms with Gasteiger partial charge in [0.15, 0.2) is 5.82 Å². The number of carbonyl (C=O) groups excluding carboxylic acids is 1. The Hall–Kier alpha value is -3.49. The third-order valence-corrected chi connectivity index (χ3v) is 5.46. The number of carbonyl (C=O) groups is 1. The molecule has 1 atom stereocenters. The maximum absolute atomic E-state index is 12.5. The molecule has 3 aromatic rings. The molecule has 2 N–H and O–H groups in total. The number of ether oxygens (including phenoxy) is 2. The van der Waals surface area contributed by atoms with Gasteiger partial charge < -0.3 is 25.0 Å². The molecule has 2 aromatic heterocycles. The Balaban J connectivity index is 1.58. The molecule has 0 bridgehead atoms. The van der Waals surface area contributed by atoms with Crippen molar-refractivity contribution in [3.05, 3.63) is 36.5 Å². The summed E-state index contributed by atoms with van der Waals surface area (Å²) in [6.07, 6.45) is 1.49. The predicted molar refractivity (Wildman–Crippen MR) is 124 cm³/mol. The van der Waals surface area contributed by atoms with Crippen LogP contribution in [0, 0.1) is 0 Å². The Bertz CT molecular complexity index is 1140. The van der Waals surface area contributed by atoms with Crippen LogP contribution in [0.2, 0.25) is 0 Å². The summed E-state index contributed by atoms with van der Waals surface area (Å²) in [6.45, 7) is 9.50. The fourth-order valence-corrected chi connectivity index (χ4v) is 3.93. The number of rotatable bonds is 3. The molecule has 1 aromatic carbocycles. The molecule has 32 heavy (non-hydrogen) atoms. The van der Waals surface area contributed by atoms with Gasteiger partial charge in [-0.15, -0.1) is 5.10 Å². The van der Waals surface area contributed by atoms with Gasteiger partial charge in [0.2, 0.25) is 0 Å². The van der Waals surface area contributed by atoms with Gasteiger partial charge in [-0.1, -0.05) is 0 Å². The summed E-state index contributed by atoms with van der Waals surface area (Å²) in [5.41, 5.74) is 7.35. The highest BCUT2D eigenvalue weighted by Gasteiger charge is 2.30. The normalized spacial score (nSPS) is 17.0. The maximum atomic E-state index is 12.5. The highest BCUT2D eigenvalue weighted by atomic mass is 16.6. The number of piperazine rings is 1. The topological polar surface area (TPSA) is 98.7 Å². The van der Waals surface area contributed by atoms with Crippen molar-refractivity contribution in [1.29, 1.82) is 0 Å². The summed E-state index contributed by atoms with van der Waals surface area (Å²) in [5, 5.41) is 5.40. The van der Waals surface area contributed by atoms with Gasteiger partial charge in [-0.3, -0.25) is 0 Å². The lowest BCUT2D eigenvalue weighted by atomic mass is 10.2. The lowest BCUT2D eigenvalue weighted by molar-refractivity contribution is 0.0218. The van der Waals surface area contributed by atoms with Crippen molar-refractivity contribution < 1.29 is 14.3 Å². The van der Waals surface area contributed by atoms with Crippen LogP contribution in [0.5, 0.6) is 5.75 Å². The molecule has 0 spiro atoms. The van der Waals surface area contributed by atoms with E-state index in [1.807, 2.05) is 51.1 Å². The van der Waals surface area contributed by atoms with Crippen LogP contribution in [0.4, 0.5) is 16.4 Å². The summed E-state index contributed by atoms with van der Waals surface area (Å²) in [6, 6.07) is 9.67. The van der Waals surface area contributed by atoms with Crippen molar-refractivity contribution in [2.75, 3.05) is 37.4 Å². The number of amides is 1. The molecule has 9 nitrogen and oxygen atoms in total. The zero-order chi connectivity index (χ0) is 23.0. The summed E-state index contributed by atoms with van der Waals surface area (Å²) < 4.78 is 12.7. The second kappa shape index (κ2) is 8.22. The van der Waals surface area contributed by atoms with Crippen molar-refractivity contribution in [2.24, 2.45) is 0 Å². The van der Waals surface area contributed by atoms with Crippen LogP contribution < -0.4 is 15.4 Å². The predicted octanol–water partition coefficient (Wildman–Crippen LogP) is 3.46. The lowest BCUT2D eigenvalue weighted by Crippen LogP contribution is -2.54. The van der Waals surface area contributed by atoms with Crippen molar-refractivity contribution in [3.63, 3.8) is 0 Å². The van der Waals surface area contributed by atoms with Gasteiger partial charge in [0, 0.05) is 49.4 Å². The average molecular weight is 439 g/mol. The molecular weight excluding hydrogens is 408 g/mol. The van der Waals surface area contributed by atoms with Gasteiger partial charge in [-0.25, -0.2) is 14.5 Å². The second-order valence-corrected chi connectivity index (χ2v) is 9.02. The zero-order valence-corrected chi connectivity index (χ0v) is 19.2. The Morgan fingerprint density at radius 3 is 2.66 bits per heavy atom. The minimum atomic E-state index is -0.510. The van der Waals surface area contributed by atoms with Crippen LogP contribution in [-0.2, 0) is 4.74 Å². The van der Waals surface area contributed by atoms with E-state index in [0.717, 1.165) is 28.2 Å². The van der Waals surface area contributed by atoms with Gasteiger partial charge in [-0.05, 0) is 45.9 Å². The van der Waals surface area contributed by atoms with E-state index in [4.69, 9.17) is 15.2 Å². The minimum absolute atomic E-state index is 0.0820. The van der Waals surface area contributed by atoms with E-state index < -0.39 is 5.60 Å². The van der Waals surface area contributed by atoms with Crippen molar-refractivity contribution in [3.8, 4) is 11.4 Å². The largest absolute Gasteiger partial charge is 0.497 e. The average Bonchev–Trinajstić information content (AvgIpc) is 3.08. The van der Waals surface area contributed by atoms with Gasteiger partial charge in [-0.2, -0.15) is 0 Å². The molecule has 1 saturated heterocycles. The molecule has 0 aliphatic carbocycles. The molecule has 1 aliphatic rings. The van der Waals surface area contributed by atoms with Gasteiger partial charge in [0.05, 0.1) is 18.3 Å². The third-order valence-electron chi connectivity index (χ3n) is 5.46. The molecule has 9 heteroatoms. The number of methoxy groups -OCH3 is 1. The molecule has 1 fully saturated rings. The van der Waals surface area contributed by atoms with Crippen molar-refractivity contribution >= 4 is 28.6 Å². The molecule has 1 amide bonds. The number of pyridine rings is 1. The highest BCUT2D eigenvalue weighted by Crippen LogP contribution is 2.29. The van der Waals surface area contributed by atoms with Crippen LogP contribution >= 0.6 is 0 Å². The molecular formula is C23H30N6O3. The standard InChI is InChI=1S/C23H30N6O3/c1-15-14-27(22(30)32-23(2,3)4)10-11-28(15)20-12-16(8-9-25-20)29-19-13-17(31-5)6-7-18(19)21(24)26-29/h6-9,12-13,15H,10-11,14H2,1-5H3,(H2,24,26)/t15-/m0/s1. The van der Waals surface area contributed by atoms with Gasteiger partial charge in [0.25, 0.3) is 0 Å². The fraction of sp³-hybridized carbons (Fsp3) is 0.435. The smallest absolute Gasteiger partial charge is 0.410 e. The van der Waals surface area contributed by atoms with E-state index in [1.54, 1.807) is 22.9 Å². The van der Waals surface area contributed by atoms with E-state index in [9.17, 15) is 4.79 Å². The highest BCUT2D eigenvalue weighted by molar-refractivity contribution is 5.91. The van der Waals surface area contributed by atoms with Crippen LogP contribution in [0.15, 0.2) is 36.5 Å². The molecule has 0 unspecified atom stereocenters. The van der Waals surface area contributed by atoms with Crippen LogP contribution in [0.1, 0.15) is 27.7 Å². The molecule has 3 heterocycles. The van der Waals surface area contributed by atoms with Gasteiger partial charge in [0.1, 0.15) is 17.2 Å². The first-order chi connectivity index (χ1) is 15.2. The summed E-state index contributed by atoms with van der Waals surface area (Å²) in [4.78, 5) is 21.0. The number of benzene rings is 1. The fourth-order valence-electron chi connectivity index (χ4n) is 3.93. The van der Waals surface area contributed by atoms with Crippen LogP contribution in [0.25, 0.3) is 16.6 Å². The Morgan fingerprint density at radius 2 is 1.97 bits per heavy atom. The number of nitrogens with two attached hydrogens (primary N) is 1. The number of hydrogen-bond donors (Lipinski definition) is 1. The number of fused-ring (bicyclic) bond motifs is 1.